The van der Waals surface area contributed by atoms with Crippen LogP contribution < -0.4 is 15.4 Å². The number of hydrogen-bond acceptors (Lipinski definition) is 3. The van der Waals surface area contributed by atoms with Crippen LogP contribution in [0.1, 0.15) is 29.5 Å². The molecule has 5 nitrogen and oxygen atoms in total. The highest BCUT2D eigenvalue weighted by molar-refractivity contribution is 5.78. The van der Waals surface area contributed by atoms with Crippen LogP contribution in [0.25, 0.3) is 0 Å². The molecule has 1 atom stereocenters. The summed E-state index contributed by atoms with van der Waals surface area (Å²) in [5, 5.41) is 14.7. The highest BCUT2D eigenvalue weighted by Crippen LogP contribution is 2.39. The summed E-state index contributed by atoms with van der Waals surface area (Å²) in [4.78, 5) is 13.2. The average molecular weight is 533 g/mol. The fraction of sp³-hybridized carbons (Fsp3) is 0.259. The van der Waals surface area contributed by atoms with E-state index in [1.54, 1.807) is 30.3 Å². The Labute approximate surface area is 214 Å². The van der Waals surface area contributed by atoms with Crippen molar-refractivity contribution in [1.82, 2.24) is 10.6 Å². The van der Waals surface area contributed by atoms with Crippen molar-refractivity contribution in [3.05, 3.63) is 101 Å². The minimum Gasteiger partial charge on any atom is -0.428 e. The van der Waals surface area contributed by atoms with E-state index in [2.05, 4.69) is 15.4 Å². The van der Waals surface area contributed by atoms with E-state index in [4.69, 9.17) is 0 Å². The standard InChI is InChI=1S/C27H21F6N3O2/c28-20-8-6-18(7-9-20)26(15-17-4-2-1-3-5-17,36-24(37)35-25(16-34)10-11-25)19-12-21(29)14-22(13-19)38-27(32,33)23(30)31/h1-9,12-14,23H,10-11,15H2,(H2,35,36,37). The number of urea groups is 1. The number of carbonyl (C=O) groups is 1. The zero-order valence-corrected chi connectivity index (χ0v) is 19.7. The fourth-order valence-corrected chi connectivity index (χ4v) is 4.10. The van der Waals surface area contributed by atoms with Gasteiger partial charge in [0.1, 0.15) is 22.9 Å². The lowest BCUT2D eigenvalue weighted by Crippen LogP contribution is -2.54. The number of hydrogen-bond donors (Lipinski definition) is 2. The molecule has 11 heteroatoms. The molecule has 1 aliphatic carbocycles. The molecule has 38 heavy (non-hydrogen) atoms. The van der Waals surface area contributed by atoms with Crippen LogP contribution in [0.4, 0.5) is 31.1 Å². The molecule has 2 amide bonds. The van der Waals surface area contributed by atoms with E-state index < -0.39 is 47.0 Å². The summed E-state index contributed by atoms with van der Waals surface area (Å²) >= 11 is 0. The third-order valence-corrected chi connectivity index (χ3v) is 6.16. The SMILES string of the molecule is N#CC1(NC(=O)NC(Cc2ccccc2)(c2ccc(F)cc2)c2cc(F)cc(OC(F)(F)C(F)F)c2)CC1. The lowest BCUT2D eigenvalue weighted by Gasteiger charge is -2.37. The van der Waals surface area contributed by atoms with Gasteiger partial charge in [-0.1, -0.05) is 42.5 Å². The van der Waals surface area contributed by atoms with Gasteiger partial charge in [0.05, 0.1) is 11.6 Å². The summed E-state index contributed by atoms with van der Waals surface area (Å²) in [6.07, 6.45) is -8.40. The van der Waals surface area contributed by atoms with E-state index in [1.165, 1.54) is 12.1 Å². The van der Waals surface area contributed by atoms with Crippen molar-refractivity contribution < 1.29 is 35.9 Å². The largest absolute Gasteiger partial charge is 0.461 e. The third-order valence-electron chi connectivity index (χ3n) is 6.16. The van der Waals surface area contributed by atoms with E-state index >= 15 is 0 Å². The van der Waals surface area contributed by atoms with E-state index in [1.807, 2.05) is 6.07 Å². The molecule has 1 fully saturated rings. The van der Waals surface area contributed by atoms with Gasteiger partial charge in [0.2, 0.25) is 0 Å². The Balaban J connectivity index is 1.88. The number of rotatable bonds is 9. The zero-order chi connectivity index (χ0) is 27.6. The lowest BCUT2D eigenvalue weighted by molar-refractivity contribution is -0.253. The molecule has 0 bridgehead atoms. The third kappa shape index (κ3) is 5.85. The second kappa shape index (κ2) is 10.3. The summed E-state index contributed by atoms with van der Waals surface area (Å²) in [6, 6.07) is 16.8. The van der Waals surface area contributed by atoms with E-state index in [9.17, 15) is 36.4 Å². The molecule has 0 heterocycles. The van der Waals surface area contributed by atoms with Gasteiger partial charge in [-0.2, -0.15) is 22.8 Å². The van der Waals surface area contributed by atoms with Crippen LogP contribution in [0.3, 0.4) is 0 Å². The Morgan fingerprint density at radius 1 is 0.974 bits per heavy atom. The van der Waals surface area contributed by atoms with Gasteiger partial charge >= 0.3 is 18.6 Å². The summed E-state index contributed by atoms with van der Waals surface area (Å²) in [5.41, 5.74) is -2.17. The van der Waals surface area contributed by atoms with Gasteiger partial charge in [0.25, 0.3) is 0 Å². The van der Waals surface area contributed by atoms with Crippen LogP contribution in [-0.4, -0.2) is 24.1 Å². The predicted octanol–water partition coefficient (Wildman–Crippen LogP) is 6.04. The van der Waals surface area contributed by atoms with Gasteiger partial charge in [0.15, 0.2) is 0 Å². The molecular formula is C27H21F6N3O2. The predicted molar refractivity (Wildman–Crippen MR) is 125 cm³/mol. The summed E-state index contributed by atoms with van der Waals surface area (Å²) in [6.45, 7) is 0. The number of nitriles is 1. The number of alkyl halides is 4. The number of halogens is 6. The molecule has 0 radical (unpaired) electrons. The van der Waals surface area contributed by atoms with Crippen molar-refractivity contribution in [1.29, 1.82) is 5.26 Å². The summed E-state index contributed by atoms with van der Waals surface area (Å²) in [7, 11) is 0. The number of ether oxygens (including phenoxy) is 1. The zero-order valence-electron chi connectivity index (χ0n) is 19.7. The second-order valence-corrected chi connectivity index (χ2v) is 8.99. The molecule has 4 rings (SSSR count). The molecule has 3 aromatic rings. The molecule has 0 spiro atoms. The normalized spacial score (nSPS) is 15.7. The molecule has 2 N–H and O–H groups in total. The van der Waals surface area contributed by atoms with Crippen LogP contribution in [0.2, 0.25) is 0 Å². The van der Waals surface area contributed by atoms with Gasteiger partial charge in [-0.3, -0.25) is 0 Å². The Morgan fingerprint density at radius 2 is 1.63 bits per heavy atom. The van der Waals surface area contributed by atoms with Gasteiger partial charge in [0, 0.05) is 12.5 Å². The van der Waals surface area contributed by atoms with E-state index in [-0.39, 0.29) is 17.5 Å². The maximum atomic E-state index is 14.8. The maximum absolute atomic E-state index is 14.8. The summed E-state index contributed by atoms with van der Waals surface area (Å²) < 4.78 is 85.8. The molecule has 3 aromatic carbocycles. The minimum atomic E-state index is -4.92. The molecular weight excluding hydrogens is 512 g/mol. The first-order valence-corrected chi connectivity index (χ1v) is 11.4. The minimum absolute atomic E-state index is 0.0966. The maximum Gasteiger partial charge on any atom is 0.461 e. The molecule has 0 aliphatic heterocycles. The second-order valence-electron chi connectivity index (χ2n) is 8.99. The van der Waals surface area contributed by atoms with E-state index in [0.717, 1.165) is 24.3 Å². The monoisotopic (exact) mass is 533 g/mol. The van der Waals surface area contributed by atoms with Crippen LogP contribution in [0.5, 0.6) is 5.75 Å². The number of nitrogens with zero attached hydrogens (tertiary/aromatic N) is 1. The molecule has 1 aliphatic rings. The average Bonchev–Trinajstić information content (AvgIpc) is 3.63. The summed E-state index contributed by atoms with van der Waals surface area (Å²) in [5.74, 6) is -2.64. The van der Waals surface area contributed by atoms with Crippen molar-refractivity contribution >= 4 is 6.03 Å². The van der Waals surface area contributed by atoms with Crippen LogP contribution in [-0.2, 0) is 12.0 Å². The first kappa shape index (κ1) is 26.9. The van der Waals surface area contributed by atoms with Gasteiger partial charge in [-0.25, -0.2) is 13.6 Å². The molecule has 0 saturated heterocycles. The first-order valence-electron chi connectivity index (χ1n) is 11.4. The van der Waals surface area contributed by atoms with Crippen molar-refractivity contribution in [3.8, 4) is 11.8 Å². The first-order chi connectivity index (χ1) is 18.0. The Hall–Kier alpha value is -4.20. The molecule has 0 aromatic heterocycles. The van der Waals surface area contributed by atoms with Gasteiger partial charge < -0.3 is 15.4 Å². The Bertz CT molecular complexity index is 1340. The van der Waals surface area contributed by atoms with Gasteiger partial charge in [-0.15, -0.1) is 0 Å². The van der Waals surface area contributed by atoms with Crippen molar-refractivity contribution in [3.63, 3.8) is 0 Å². The van der Waals surface area contributed by atoms with Crippen molar-refractivity contribution in [2.24, 2.45) is 0 Å². The van der Waals surface area contributed by atoms with Crippen molar-refractivity contribution in [2.75, 3.05) is 0 Å². The van der Waals surface area contributed by atoms with Crippen LogP contribution in [0, 0.1) is 23.0 Å². The van der Waals surface area contributed by atoms with Crippen LogP contribution in [0.15, 0.2) is 72.8 Å². The number of amides is 2. The topological polar surface area (TPSA) is 74.2 Å². The number of carbonyl (C=O) groups excluding carboxylic acids is 1. The van der Waals surface area contributed by atoms with Crippen LogP contribution >= 0.6 is 0 Å². The number of benzene rings is 3. The molecule has 1 unspecified atom stereocenters. The lowest BCUT2D eigenvalue weighted by atomic mass is 9.77. The highest BCUT2D eigenvalue weighted by Gasteiger charge is 2.47. The molecule has 198 valence electrons. The number of nitrogens with one attached hydrogen (secondary N) is 2. The Morgan fingerprint density at radius 3 is 2.21 bits per heavy atom. The Kier molecular flexibility index (Phi) is 7.26. The molecule has 1 saturated carbocycles. The highest BCUT2D eigenvalue weighted by atomic mass is 19.3. The van der Waals surface area contributed by atoms with Gasteiger partial charge in [-0.05, 0) is 53.8 Å². The van der Waals surface area contributed by atoms with E-state index in [0.29, 0.717) is 24.5 Å². The van der Waals surface area contributed by atoms with Crippen molar-refractivity contribution in [2.45, 2.75) is 42.9 Å². The quantitative estimate of drug-likeness (QED) is 0.329. The fourth-order valence-electron chi connectivity index (χ4n) is 4.10. The smallest absolute Gasteiger partial charge is 0.428 e.